The number of nitrogens with two attached hydrogens (primary N) is 1. The third kappa shape index (κ3) is 2.68. The number of benzene rings is 2. The predicted octanol–water partition coefficient (Wildman–Crippen LogP) is 3.33. The highest BCUT2D eigenvalue weighted by Crippen LogP contribution is 2.24. The van der Waals surface area contributed by atoms with Crippen LogP contribution in [0.25, 0.3) is 33.4 Å². The van der Waals surface area contributed by atoms with Gasteiger partial charge in [0.25, 0.3) is 5.56 Å². The number of halogens is 1. The van der Waals surface area contributed by atoms with Gasteiger partial charge in [-0.3, -0.25) is 9.36 Å². The molecule has 140 valence electrons. The molecule has 6 nitrogen and oxygen atoms in total. The second-order valence-electron chi connectivity index (χ2n) is 6.64. The van der Waals surface area contributed by atoms with Gasteiger partial charge < -0.3 is 11.1 Å². The van der Waals surface area contributed by atoms with E-state index in [1.165, 1.54) is 22.9 Å². The van der Waals surface area contributed by atoms with Crippen molar-refractivity contribution in [1.82, 2.24) is 14.2 Å². The summed E-state index contributed by atoms with van der Waals surface area (Å²) >= 11 is 0. The lowest BCUT2D eigenvalue weighted by atomic mass is 10.0. The molecular formula is C21H18FN5O. The van der Waals surface area contributed by atoms with Crippen LogP contribution in [0.2, 0.25) is 0 Å². The number of hydrogen-bond donors (Lipinski definition) is 2. The van der Waals surface area contributed by atoms with E-state index < -0.39 is 0 Å². The molecule has 0 aliphatic heterocycles. The van der Waals surface area contributed by atoms with Crippen molar-refractivity contribution in [2.75, 3.05) is 0 Å². The van der Waals surface area contributed by atoms with Crippen LogP contribution in [0.4, 0.5) is 4.39 Å². The van der Waals surface area contributed by atoms with Gasteiger partial charge in [-0.2, -0.15) is 5.10 Å². The molecule has 2 heterocycles. The first-order valence-corrected chi connectivity index (χ1v) is 8.66. The largest absolute Gasteiger partial charge is 0.402 e. The zero-order chi connectivity index (χ0) is 20.0. The van der Waals surface area contributed by atoms with Crippen LogP contribution in [-0.2, 0) is 7.05 Å². The molecule has 0 aliphatic rings. The summed E-state index contributed by atoms with van der Waals surface area (Å²) in [5.41, 5.74) is 10.2. The fraction of sp³-hybridized carbons (Fsp3) is 0.0952. The molecule has 0 saturated heterocycles. The Balaban J connectivity index is 2.06. The normalized spacial score (nSPS) is 12.4. The van der Waals surface area contributed by atoms with Crippen molar-refractivity contribution in [3.63, 3.8) is 0 Å². The van der Waals surface area contributed by atoms with Gasteiger partial charge in [0.1, 0.15) is 11.5 Å². The summed E-state index contributed by atoms with van der Waals surface area (Å²) in [5, 5.41) is 12.8. The highest BCUT2D eigenvalue weighted by Gasteiger charge is 2.14. The Morgan fingerprint density at radius 3 is 2.54 bits per heavy atom. The van der Waals surface area contributed by atoms with E-state index in [2.05, 4.69) is 5.10 Å². The van der Waals surface area contributed by atoms with Crippen LogP contribution in [0.3, 0.4) is 0 Å². The summed E-state index contributed by atoms with van der Waals surface area (Å²) in [6.07, 6.45) is 1.20. The van der Waals surface area contributed by atoms with Crippen LogP contribution >= 0.6 is 0 Å². The number of rotatable bonds is 3. The molecular weight excluding hydrogens is 357 g/mol. The van der Waals surface area contributed by atoms with Crippen molar-refractivity contribution < 1.29 is 4.39 Å². The first-order valence-electron chi connectivity index (χ1n) is 8.66. The lowest BCUT2D eigenvalue weighted by Gasteiger charge is -2.09. The second-order valence-corrected chi connectivity index (χ2v) is 6.64. The second kappa shape index (κ2) is 6.45. The molecule has 0 bridgehead atoms. The first kappa shape index (κ1) is 17.7. The van der Waals surface area contributed by atoms with Crippen molar-refractivity contribution in [3.8, 4) is 11.3 Å². The SMILES string of the molecule is CC(N)=C(C=N)c1ccc2c(=O)n(C)c3cc(-c4ccc(F)cc4)nn3c2c1. The van der Waals surface area contributed by atoms with Gasteiger partial charge in [0.05, 0.1) is 16.6 Å². The fourth-order valence-electron chi connectivity index (χ4n) is 3.31. The van der Waals surface area contributed by atoms with Gasteiger partial charge in [-0.15, -0.1) is 0 Å². The van der Waals surface area contributed by atoms with Crippen molar-refractivity contribution >= 4 is 28.3 Å². The Morgan fingerprint density at radius 2 is 1.89 bits per heavy atom. The molecule has 7 heteroatoms. The van der Waals surface area contributed by atoms with Gasteiger partial charge in [0, 0.05) is 36.2 Å². The third-order valence-corrected chi connectivity index (χ3v) is 4.82. The number of aryl methyl sites for hydroxylation is 1. The summed E-state index contributed by atoms with van der Waals surface area (Å²) in [6.45, 7) is 1.73. The van der Waals surface area contributed by atoms with Gasteiger partial charge in [0.15, 0.2) is 0 Å². The van der Waals surface area contributed by atoms with E-state index in [1.807, 2.05) is 6.07 Å². The minimum absolute atomic E-state index is 0.149. The maximum Gasteiger partial charge on any atom is 0.261 e. The fourth-order valence-corrected chi connectivity index (χ4v) is 3.31. The van der Waals surface area contributed by atoms with Crippen LogP contribution in [0.5, 0.6) is 0 Å². The molecule has 3 N–H and O–H groups in total. The number of allylic oxidation sites excluding steroid dienone is 2. The first-order chi connectivity index (χ1) is 13.4. The Morgan fingerprint density at radius 1 is 1.18 bits per heavy atom. The van der Waals surface area contributed by atoms with Crippen LogP contribution < -0.4 is 11.3 Å². The molecule has 0 saturated carbocycles. The van der Waals surface area contributed by atoms with Gasteiger partial charge >= 0.3 is 0 Å². The minimum Gasteiger partial charge on any atom is -0.402 e. The van der Waals surface area contributed by atoms with Crippen molar-refractivity contribution in [2.24, 2.45) is 12.8 Å². The van der Waals surface area contributed by atoms with Gasteiger partial charge in [-0.25, -0.2) is 8.91 Å². The Labute approximate surface area is 159 Å². The topological polar surface area (TPSA) is 89.2 Å². The summed E-state index contributed by atoms with van der Waals surface area (Å²) < 4.78 is 16.5. The molecule has 2 aromatic heterocycles. The molecule has 0 atom stereocenters. The molecule has 2 aromatic carbocycles. The molecule has 0 amide bonds. The smallest absolute Gasteiger partial charge is 0.261 e. The highest BCUT2D eigenvalue weighted by molar-refractivity contribution is 6.10. The monoisotopic (exact) mass is 375 g/mol. The number of aromatic nitrogens is 3. The van der Waals surface area contributed by atoms with E-state index in [4.69, 9.17) is 11.1 Å². The zero-order valence-corrected chi connectivity index (χ0v) is 15.4. The van der Waals surface area contributed by atoms with Crippen molar-refractivity contribution in [1.29, 1.82) is 5.41 Å². The quantitative estimate of drug-likeness (QED) is 0.538. The van der Waals surface area contributed by atoms with E-state index in [0.717, 1.165) is 11.1 Å². The Bertz CT molecular complexity index is 1330. The predicted molar refractivity (Wildman–Crippen MR) is 109 cm³/mol. The van der Waals surface area contributed by atoms with Crippen molar-refractivity contribution in [3.05, 3.63) is 76.0 Å². The Kier molecular flexibility index (Phi) is 4.07. The molecule has 0 fully saturated rings. The number of fused-ring (bicyclic) bond motifs is 3. The van der Waals surface area contributed by atoms with Crippen LogP contribution in [0, 0.1) is 11.2 Å². The number of nitrogens with zero attached hydrogens (tertiary/aromatic N) is 3. The van der Waals surface area contributed by atoms with E-state index in [1.54, 1.807) is 48.8 Å². The molecule has 0 spiro atoms. The molecule has 0 radical (unpaired) electrons. The summed E-state index contributed by atoms with van der Waals surface area (Å²) in [5.74, 6) is -0.321. The standard InChI is InChI=1S/C21H18FN5O/c1-12(24)17(11-23)14-5-8-16-19(9-14)27-20(26(2)21(16)28)10-18(25-27)13-3-6-15(22)7-4-13/h3-11,23H,24H2,1-2H3. The van der Waals surface area contributed by atoms with Crippen LogP contribution in [-0.4, -0.2) is 20.4 Å². The van der Waals surface area contributed by atoms with E-state index in [0.29, 0.717) is 33.5 Å². The van der Waals surface area contributed by atoms with Crippen LogP contribution in [0.1, 0.15) is 12.5 Å². The minimum atomic E-state index is -0.321. The maximum absolute atomic E-state index is 13.2. The third-order valence-electron chi connectivity index (χ3n) is 4.82. The summed E-state index contributed by atoms with van der Waals surface area (Å²) in [4.78, 5) is 12.8. The lowest BCUT2D eigenvalue weighted by Crippen LogP contribution is -2.19. The van der Waals surface area contributed by atoms with Crippen LogP contribution in [0.15, 0.2) is 59.0 Å². The van der Waals surface area contributed by atoms with Gasteiger partial charge in [-0.1, -0.05) is 6.07 Å². The maximum atomic E-state index is 13.2. The molecule has 28 heavy (non-hydrogen) atoms. The van der Waals surface area contributed by atoms with Crippen molar-refractivity contribution in [2.45, 2.75) is 6.92 Å². The molecule has 4 aromatic rings. The molecule has 4 rings (SSSR count). The average molecular weight is 375 g/mol. The van der Waals surface area contributed by atoms with E-state index in [9.17, 15) is 9.18 Å². The summed E-state index contributed by atoms with van der Waals surface area (Å²) in [6, 6.07) is 13.1. The van der Waals surface area contributed by atoms with E-state index >= 15 is 0 Å². The summed E-state index contributed by atoms with van der Waals surface area (Å²) in [7, 11) is 1.69. The average Bonchev–Trinajstić information content (AvgIpc) is 3.12. The highest BCUT2D eigenvalue weighted by atomic mass is 19.1. The molecule has 0 aliphatic carbocycles. The van der Waals surface area contributed by atoms with Gasteiger partial charge in [0.2, 0.25) is 0 Å². The number of hydrogen-bond acceptors (Lipinski definition) is 4. The zero-order valence-electron chi connectivity index (χ0n) is 15.4. The van der Waals surface area contributed by atoms with E-state index in [-0.39, 0.29) is 11.4 Å². The molecule has 0 unspecified atom stereocenters. The number of nitrogens with one attached hydrogen (secondary N) is 1. The Hall–Kier alpha value is -3.74. The van der Waals surface area contributed by atoms with Gasteiger partial charge in [-0.05, 0) is 48.9 Å². The lowest BCUT2D eigenvalue weighted by molar-refractivity contribution is 0.628.